The number of esters is 1. The molecule has 1 unspecified atom stereocenters. The van der Waals surface area contributed by atoms with Gasteiger partial charge in [-0.25, -0.2) is 4.79 Å². The molecule has 0 saturated heterocycles. The third-order valence-corrected chi connectivity index (χ3v) is 2.55. The average molecular weight is 305 g/mol. The van der Waals surface area contributed by atoms with Crippen molar-refractivity contribution in [2.45, 2.75) is 26.1 Å². The lowest BCUT2D eigenvalue weighted by Crippen LogP contribution is -2.36. The van der Waals surface area contributed by atoms with Crippen molar-refractivity contribution in [2.24, 2.45) is 0 Å². The van der Waals surface area contributed by atoms with Gasteiger partial charge in [-0.05, 0) is 31.5 Å². The molecular formula is C14H18F3NO3. The van der Waals surface area contributed by atoms with E-state index in [-0.39, 0.29) is 6.61 Å². The molecule has 118 valence electrons. The average Bonchev–Trinajstić information content (AvgIpc) is 2.40. The second-order valence-electron chi connectivity index (χ2n) is 4.18. The van der Waals surface area contributed by atoms with Crippen molar-refractivity contribution >= 4 is 5.97 Å². The quantitative estimate of drug-likeness (QED) is 0.787. The molecule has 7 heteroatoms. The van der Waals surface area contributed by atoms with Gasteiger partial charge in [-0.2, -0.15) is 13.2 Å². The van der Waals surface area contributed by atoms with Crippen LogP contribution in [0.3, 0.4) is 0 Å². The monoisotopic (exact) mass is 305 g/mol. The lowest BCUT2D eigenvalue weighted by molar-refractivity contribution is -0.149. The van der Waals surface area contributed by atoms with Crippen LogP contribution in [0, 0.1) is 0 Å². The molecule has 0 aliphatic rings. The van der Waals surface area contributed by atoms with E-state index in [1.807, 2.05) is 6.92 Å². The number of alkyl halides is 3. The van der Waals surface area contributed by atoms with Crippen LogP contribution in [0.5, 0.6) is 5.75 Å². The molecule has 0 fully saturated rings. The highest BCUT2D eigenvalue weighted by atomic mass is 19.4. The van der Waals surface area contributed by atoms with E-state index in [1.54, 1.807) is 19.1 Å². The van der Waals surface area contributed by atoms with E-state index in [9.17, 15) is 18.0 Å². The predicted molar refractivity (Wildman–Crippen MR) is 71.0 cm³/mol. The standard InChI is InChI=1S/C14H18F3NO3/c1-3-20-11-7-5-10(6-8-11)12(13(19)21-4-2)18-9-14(15,16)17/h5-8,12,18H,3-4,9H2,1-2H3. The van der Waals surface area contributed by atoms with Crippen LogP contribution in [-0.4, -0.2) is 31.9 Å². The number of halogens is 3. The van der Waals surface area contributed by atoms with Crippen LogP contribution in [0.1, 0.15) is 25.5 Å². The summed E-state index contributed by atoms with van der Waals surface area (Å²) >= 11 is 0. The summed E-state index contributed by atoms with van der Waals surface area (Å²) in [7, 11) is 0. The van der Waals surface area contributed by atoms with Crippen molar-refractivity contribution in [1.82, 2.24) is 5.32 Å². The Hall–Kier alpha value is -1.76. The van der Waals surface area contributed by atoms with Crippen LogP contribution in [-0.2, 0) is 9.53 Å². The minimum Gasteiger partial charge on any atom is -0.494 e. The number of carbonyl (C=O) groups excluding carboxylic acids is 1. The Bertz CT molecular complexity index is 446. The van der Waals surface area contributed by atoms with Gasteiger partial charge in [-0.3, -0.25) is 5.32 Å². The number of hydrogen-bond acceptors (Lipinski definition) is 4. The molecule has 0 aliphatic carbocycles. The molecule has 0 bridgehead atoms. The first-order chi connectivity index (χ1) is 9.87. The van der Waals surface area contributed by atoms with E-state index in [0.29, 0.717) is 17.9 Å². The number of hydrogen-bond donors (Lipinski definition) is 1. The van der Waals surface area contributed by atoms with Crippen LogP contribution in [0.2, 0.25) is 0 Å². The fourth-order valence-electron chi connectivity index (χ4n) is 1.70. The minimum atomic E-state index is -4.41. The van der Waals surface area contributed by atoms with E-state index in [1.165, 1.54) is 12.1 Å². The Morgan fingerprint density at radius 2 is 1.81 bits per heavy atom. The molecule has 0 aromatic heterocycles. The smallest absolute Gasteiger partial charge is 0.401 e. The first-order valence-corrected chi connectivity index (χ1v) is 6.57. The van der Waals surface area contributed by atoms with E-state index >= 15 is 0 Å². The maximum Gasteiger partial charge on any atom is 0.401 e. The van der Waals surface area contributed by atoms with Gasteiger partial charge in [-0.1, -0.05) is 12.1 Å². The lowest BCUT2D eigenvalue weighted by atomic mass is 10.1. The third kappa shape index (κ3) is 6.03. The summed E-state index contributed by atoms with van der Waals surface area (Å²) in [5.41, 5.74) is 0.390. The second kappa shape index (κ2) is 7.87. The van der Waals surface area contributed by atoms with Gasteiger partial charge < -0.3 is 9.47 Å². The summed E-state index contributed by atoms with van der Waals surface area (Å²) in [5.74, 6) is -0.161. The summed E-state index contributed by atoms with van der Waals surface area (Å²) in [6.07, 6.45) is -4.41. The number of rotatable bonds is 7. The van der Waals surface area contributed by atoms with Crippen molar-refractivity contribution in [2.75, 3.05) is 19.8 Å². The summed E-state index contributed by atoms with van der Waals surface area (Å²) < 4.78 is 47.0. The summed E-state index contributed by atoms with van der Waals surface area (Å²) in [6, 6.07) is 5.11. The van der Waals surface area contributed by atoms with Crippen molar-refractivity contribution < 1.29 is 27.4 Å². The summed E-state index contributed by atoms with van der Waals surface area (Å²) in [6.45, 7) is 2.72. The molecule has 0 saturated carbocycles. The molecule has 0 amide bonds. The van der Waals surface area contributed by atoms with E-state index in [4.69, 9.17) is 9.47 Å². The maximum atomic E-state index is 12.3. The molecular weight excluding hydrogens is 287 g/mol. The molecule has 1 aromatic carbocycles. The Morgan fingerprint density at radius 1 is 1.19 bits per heavy atom. The van der Waals surface area contributed by atoms with Crippen molar-refractivity contribution in [3.8, 4) is 5.75 Å². The number of benzene rings is 1. The molecule has 21 heavy (non-hydrogen) atoms. The molecule has 4 nitrogen and oxygen atoms in total. The number of ether oxygens (including phenoxy) is 2. The van der Waals surface area contributed by atoms with Crippen molar-refractivity contribution in [1.29, 1.82) is 0 Å². The van der Waals surface area contributed by atoms with Gasteiger partial charge in [0.05, 0.1) is 19.8 Å². The molecule has 0 aliphatic heterocycles. The zero-order chi connectivity index (χ0) is 15.9. The molecule has 0 radical (unpaired) electrons. The fourth-order valence-corrected chi connectivity index (χ4v) is 1.70. The van der Waals surface area contributed by atoms with Crippen LogP contribution in [0.25, 0.3) is 0 Å². The first kappa shape index (κ1) is 17.3. The van der Waals surface area contributed by atoms with Crippen molar-refractivity contribution in [3.05, 3.63) is 29.8 Å². The molecule has 1 rings (SSSR count). The van der Waals surface area contributed by atoms with E-state index in [0.717, 1.165) is 0 Å². The largest absolute Gasteiger partial charge is 0.494 e. The Morgan fingerprint density at radius 3 is 2.29 bits per heavy atom. The summed E-state index contributed by atoms with van der Waals surface area (Å²) in [5, 5.41) is 2.17. The van der Waals surface area contributed by atoms with Gasteiger partial charge in [0.2, 0.25) is 0 Å². The zero-order valence-corrected chi connectivity index (χ0v) is 11.9. The van der Waals surface area contributed by atoms with Crippen LogP contribution >= 0.6 is 0 Å². The Labute approximate surface area is 121 Å². The Balaban J connectivity index is 2.86. The lowest BCUT2D eigenvalue weighted by Gasteiger charge is -2.19. The molecule has 0 heterocycles. The van der Waals surface area contributed by atoms with Gasteiger partial charge in [0, 0.05) is 0 Å². The topological polar surface area (TPSA) is 47.6 Å². The Kier molecular flexibility index (Phi) is 6.48. The summed E-state index contributed by atoms with van der Waals surface area (Å²) in [4.78, 5) is 11.8. The number of nitrogens with one attached hydrogen (secondary N) is 1. The fraction of sp³-hybridized carbons (Fsp3) is 0.500. The van der Waals surface area contributed by atoms with E-state index < -0.39 is 24.7 Å². The van der Waals surface area contributed by atoms with Crippen molar-refractivity contribution in [3.63, 3.8) is 0 Å². The van der Waals surface area contributed by atoms with Crippen LogP contribution in [0.4, 0.5) is 13.2 Å². The third-order valence-electron chi connectivity index (χ3n) is 2.55. The van der Waals surface area contributed by atoms with Gasteiger partial charge in [0.25, 0.3) is 0 Å². The second-order valence-corrected chi connectivity index (χ2v) is 4.18. The van der Waals surface area contributed by atoms with E-state index in [2.05, 4.69) is 5.32 Å². The predicted octanol–water partition coefficient (Wildman–Crippen LogP) is 2.84. The molecule has 1 atom stereocenters. The highest BCUT2D eigenvalue weighted by molar-refractivity contribution is 5.77. The number of carbonyl (C=O) groups is 1. The molecule has 1 N–H and O–H groups in total. The van der Waals surface area contributed by atoms with Gasteiger partial charge in [0.1, 0.15) is 11.8 Å². The van der Waals surface area contributed by atoms with Gasteiger partial charge in [-0.15, -0.1) is 0 Å². The van der Waals surface area contributed by atoms with Gasteiger partial charge >= 0.3 is 12.1 Å². The highest BCUT2D eigenvalue weighted by Gasteiger charge is 2.31. The van der Waals surface area contributed by atoms with Crippen LogP contribution < -0.4 is 10.1 Å². The molecule has 1 aromatic rings. The maximum absolute atomic E-state index is 12.3. The van der Waals surface area contributed by atoms with Crippen LogP contribution in [0.15, 0.2) is 24.3 Å². The first-order valence-electron chi connectivity index (χ1n) is 6.57. The zero-order valence-electron chi connectivity index (χ0n) is 11.9. The highest BCUT2D eigenvalue weighted by Crippen LogP contribution is 2.21. The van der Waals surface area contributed by atoms with Gasteiger partial charge in [0.15, 0.2) is 0 Å². The minimum absolute atomic E-state index is 0.0973. The SMILES string of the molecule is CCOC(=O)C(NCC(F)(F)F)c1ccc(OCC)cc1. The molecule has 0 spiro atoms. The normalized spacial score (nSPS) is 12.8.